The van der Waals surface area contributed by atoms with Gasteiger partial charge in [-0.1, -0.05) is 19.3 Å². The Hall–Kier alpha value is -0.570. The molecule has 1 amide bonds. The van der Waals surface area contributed by atoms with Crippen molar-refractivity contribution >= 4 is 38.8 Å². The van der Waals surface area contributed by atoms with Crippen molar-refractivity contribution in [2.75, 3.05) is 18.6 Å². The van der Waals surface area contributed by atoms with Crippen LogP contribution >= 0.6 is 23.1 Å². The van der Waals surface area contributed by atoms with Gasteiger partial charge in [-0.05, 0) is 64.7 Å². The average Bonchev–Trinajstić information content (AvgIpc) is 3.03. The lowest BCUT2D eigenvalue weighted by molar-refractivity contribution is 0.0955. The fraction of sp³-hybridized carbons (Fsp3) is 0.762. The lowest BCUT2D eigenvalue weighted by Gasteiger charge is -2.19. The Kier molecular flexibility index (Phi) is 9.06. The molecule has 1 unspecified atom stereocenters. The molecule has 1 aliphatic carbocycles. The number of carbonyl (C=O) groups excluding carboxylic acids is 1. The molecule has 1 aromatic heterocycles. The molecule has 0 spiro atoms. The summed E-state index contributed by atoms with van der Waals surface area (Å²) in [4.78, 5) is 13.4. The summed E-state index contributed by atoms with van der Waals surface area (Å²) >= 11 is 3.10. The van der Waals surface area contributed by atoms with Gasteiger partial charge in [0.2, 0.25) is 0 Å². The van der Waals surface area contributed by atoms with Crippen LogP contribution in [-0.4, -0.2) is 42.7 Å². The lowest BCUT2D eigenvalue weighted by Crippen LogP contribution is -2.30. The topological polar surface area (TPSA) is 83.5 Å². The molecular weight excluding hydrogens is 426 g/mol. The Morgan fingerprint density at radius 3 is 2.52 bits per heavy atom. The van der Waals surface area contributed by atoms with Gasteiger partial charge in [0.05, 0.1) is 25.7 Å². The zero-order valence-corrected chi connectivity index (χ0v) is 20.5. The van der Waals surface area contributed by atoms with Crippen LogP contribution in [-0.2, 0) is 16.3 Å². The summed E-state index contributed by atoms with van der Waals surface area (Å²) in [5.74, 6) is 0.220. The van der Waals surface area contributed by atoms with E-state index in [-0.39, 0.29) is 11.7 Å². The number of hydrogen-bond acceptors (Lipinski definition) is 6. The van der Waals surface area contributed by atoms with Crippen molar-refractivity contribution in [1.82, 2.24) is 5.32 Å². The number of thioether (sulfide) groups is 1. The Bertz CT molecular complexity index is 794. The molecular formula is C21H35NO4S3. The molecule has 2 rings (SSSR count). The van der Waals surface area contributed by atoms with Gasteiger partial charge >= 0.3 is 0 Å². The molecule has 1 aromatic rings. The molecule has 166 valence electrons. The van der Waals surface area contributed by atoms with Gasteiger partial charge < -0.3 is 10.4 Å². The molecule has 8 heteroatoms. The Morgan fingerprint density at radius 2 is 1.86 bits per heavy atom. The highest BCUT2D eigenvalue weighted by Gasteiger charge is 2.29. The first kappa shape index (κ1) is 24.7. The van der Waals surface area contributed by atoms with Crippen LogP contribution in [0.1, 0.15) is 92.6 Å². The summed E-state index contributed by atoms with van der Waals surface area (Å²) in [6.07, 6.45) is 8.55. The van der Waals surface area contributed by atoms with E-state index < -0.39 is 20.7 Å². The van der Waals surface area contributed by atoms with Crippen LogP contribution in [0.15, 0.2) is 4.21 Å². The highest BCUT2D eigenvalue weighted by Crippen LogP contribution is 2.43. The normalized spacial score (nSPS) is 17.2. The van der Waals surface area contributed by atoms with Crippen molar-refractivity contribution in [2.24, 2.45) is 0 Å². The highest BCUT2D eigenvalue weighted by molar-refractivity contribution is 8.00. The number of thiophene rings is 1. The van der Waals surface area contributed by atoms with Gasteiger partial charge in [0, 0.05) is 12.1 Å². The van der Waals surface area contributed by atoms with E-state index in [0.717, 1.165) is 65.2 Å². The molecule has 0 saturated heterocycles. The minimum Gasteiger partial charge on any atom is -0.388 e. The van der Waals surface area contributed by atoms with Crippen molar-refractivity contribution in [3.05, 3.63) is 16.0 Å². The number of unbranched alkanes of at least 4 members (excludes halogenated alkanes) is 4. The van der Waals surface area contributed by atoms with Gasteiger partial charge in [-0.15, -0.1) is 23.1 Å². The van der Waals surface area contributed by atoms with E-state index in [0.29, 0.717) is 13.0 Å². The van der Waals surface area contributed by atoms with Gasteiger partial charge in [0.25, 0.3) is 5.91 Å². The third-order valence-corrected chi connectivity index (χ3v) is 10.5. The van der Waals surface area contributed by atoms with Crippen molar-refractivity contribution in [3.8, 4) is 0 Å². The quantitative estimate of drug-likeness (QED) is 0.389. The number of fused-ring (bicyclic) bond motifs is 1. The summed E-state index contributed by atoms with van der Waals surface area (Å²) in [5, 5.41) is 13.3. The molecule has 29 heavy (non-hydrogen) atoms. The maximum Gasteiger partial charge on any atom is 0.261 e. The SMILES string of the molecule is CSc1sc(C(=O)NCCCCCCCS(=O)(=O)C(C)(C)C)c2c1C(O)CCC2. The van der Waals surface area contributed by atoms with E-state index in [1.165, 1.54) is 11.3 Å². The fourth-order valence-corrected chi connectivity index (χ4v) is 6.84. The second kappa shape index (κ2) is 10.6. The van der Waals surface area contributed by atoms with E-state index in [2.05, 4.69) is 5.32 Å². The number of carbonyl (C=O) groups is 1. The first-order valence-corrected chi connectivity index (χ1v) is 14.2. The molecule has 1 heterocycles. The minimum atomic E-state index is -3.02. The first-order chi connectivity index (χ1) is 13.6. The molecule has 1 aliphatic rings. The Balaban J connectivity index is 1.71. The van der Waals surface area contributed by atoms with E-state index in [4.69, 9.17) is 0 Å². The summed E-state index contributed by atoms with van der Waals surface area (Å²) in [7, 11) is -3.02. The number of rotatable bonds is 10. The number of nitrogens with one attached hydrogen (secondary N) is 1. The second-order valence-corrected chi connectivity index (χ2v) is 13.6. The van der Waals surface area contributed by atoms with Crippen molar-refractivity contribution in [2.45, 2.75) is 87.2 Å². The van der Waals surface area contributed by atoms with Gasteiger partial charge in [-0.3, -0.25) is 4.79 Å². The maximum absolute atomic E-state index is 12.6. The molecule has 1 atom stereocenters. The van der Waals surface area contributed by atoms with Crippen molar-refractivity contribution < 1.29 is 18.3 Å². The zero-order valence-electron chi connectivity index (χ0n) is 18.0. The van der Waals surface area contributed by atoms with Crippen LogP contribution in [0.3, 0.4) is 0 Å². The Labute approximate surface area is 184 Å². The maximum atomic E-state index is 12.6. The van der Waals surface area contributed by atoms with Gasteiger partial charge in [0.1, 0.15) is 0 Å². The molecule has 0 fully saturated rings. The largest absolute Gasteiger partial charge is 0.388 e. The molecule has 0 bridgehead atoms. The standard InChI is InChI=1S/C21H35NO4S3/c1-21(2,3)29(25,26)14-9-7-5-6-8-13-22-19(24)18-15-11-10-12-16(23)17(15)20(27-4)28-18/h16,23H,5-14H2,1-4H3,(H,22,24). The molecule has 5 nitrogen and oxygen atoms in total. The van der Waals surface area contributed by atoms with E-state index in [1.807, 2.05) is 6.26 Å². The van der Waals surface area contributed by atoms with Crippen LogP contribution in [0.2, 0.25) is 0 Å². The number of aliphatic hydroxyl groups excluding tert-OH is 1. The number of amides is 1. The van der Waals surface area contributed by atoms with Gasteiger partial charge in [0.15, 0.2) is 9.84 Å². The third-order valence-electron chi connectivity index (χ3n) is 5.45. The first-order valence-electron chi connectivity index (χ1n) is 10.5. The Morgan fingerprint density at radius 1 is 1.21 bits per heavy atom. The minimum absolute atomic E-state index is 0.0306. The summed E-state index contributed by atoms with van der Waals surface area (Å²) < 4.78 is 24.5. The van der Waals surface area contributed by atoms with Crippen molar-refractivity contribution in [3.63, 3.8) is 0 Å². The number of hydrogen-bond donors (Lipinski definition) is 2. The summed E-state index contributed by atoms with van der Waals surface area (Å²) in [6.45, 7) is 5.87. The fourth-order valence-electron chi connectivity index (χ4n) is 3.53. The smallest absolute Gasteiger partial charge is 0.261 e. The third kappa shape index (κ3) is 6.45. The number of aliphatic hydroxyl groups is 1. The van der Waals surface area contributed by atoms with Crippen LogP contribution in [0.4, 0.5) is 0 Å². The average molecular weight is 462 g/mol. The predicted octanol–water partition coefficient (Wildman–Crippen LogP) is 4.73. The van der Waals surface area contributed by atoms with E-state index in [9.17, 15) is 18.3 Å². The monoisotopic (exact) mass is 461 g/mol. The molecule has 2 N–H and O–H groups in total. The van der Waals surface area contributed by atoms with E-state index >= 15 is 0 Å². The van der Waals surface area contributed by atoms with E-state index in [1.54, 1.807) is 32.5 Å². The lowest BCUT2D eigenvalue weighted by atomic mass is 9.91. The van der Waals surface area contributed by atoms with Crippen LogP contribution in [0.25, 0.3) is 0 Å². The zero-order chi connectivity index (χ0) is 21.7. The highest BCUT2D eigenvalue weighted by atomic mass is 32.2. The van der Waals surface area contributed by atoms with Crippen LogP contribution in [0.5, 0.6) is 0 Å². The number of sulfone groups is 1. The van der Waals surface area contributed by atoms with Crippen molar-refractivity contribution in [1.29, 1.82) is 0 Å². The molecule has 0 aromatic carbocycles. The van der Waals surface area contributed by atoms with Gasteiger partial charge in [-0.25, -0.2) is 8.42 Å². The summed E-state index contributed by atoms with van der Waals surface area (Å²) in [5.41, 5.74) is 2.01. The van der Waals surface area contributed by atoms with Crippen LogP contribution < -0.4 is 5.32 Å². The second-order valence-electron chi connectivity index (χ2n) is 8.68. The van der Waals surface area contributed by atoms with Crippen LogP contribution in [0, 0.1) is 0 Å². The molecule has 0 aliphatic heterocycles. The molecule has 0 radical (unpaired) electrons. The van der Waals surface area contributed by atoms with Gasteiger partial charge in [-0.2, -0.15) is 0 Å². The predicted molar refractivity (Wildman–Crippen MR) is 123 cm³/mol. The molecule has 0 saturated carbocycles. The summed E-state index contributed by atoms with van der Waals surface area (Å²) in [6, 6.07) is 0.